The predicted octanol–water partition coefficient (Wildman–Crippen LogP) is 7.65. The highest BCUT2D eigenvalue weighted by molar-refractivity contribution is 5.97. The molecule has 9 heteroatoms. The number of fused-ring (bicyclic) bond motifs is 8. The first-order chi connectivity index (χ1) is 22.3. The molecule has 7 rings (SSSR count). The Morgan fingerprint density at radius 2 is 1.15 bits per heavy atom. The summed E-state index contributed by atoms with van der Waals surface area (Å²) in [4.78, 5) is 52.0. The van der Waals surface area contributed by atoms with Crippen LogP contribution in [0.1, 0.15) is 47.0 Å². The number of ether oxygens (including phenoxy) is 2. The number of H-pyrrole nitrogens is 2. The molecule has 0 saturated heterocycles. The molecule has 0 aliphatic carbocycles. The summed E-state index contributed by atoms with van der Waals surface area (Å²) >= 11 is 0. The SMILES string of the molecule is CC(=O)Oc1ccc(-c2c3nc(cc4[nH]c(cc4C=O)c(-c4ccc(OC(C)=O)cc4)c4nc(cc5ccc2[nH]5)C=C4)C=C3)cc1. The van der Waals surface area contributed by atoms with E-state index in [2.05, 4.69) is 9.97 Å². The summed E-state index contributed by atoms with van der Waals surface area (Å²) in [6, 6.07) is 24.0. The number of aldehydes is 1. The van der Waals surface area contributed by atoms with E-state index >= 15 is 0 Å². The standard InChI is InChI=1S/C37H26N4O5/c1-21(43)45-29-10-3-23(4-11-29)36-31-14-7-26(38-31)18-27-8-15-33(39-27)37(24-5-12-30(13-6-24)46-22(2)44)35-17-25(20-42)34(41-35)19-28-9-16-32(36)40-28/h3-20,38,41H,1-2H3. The number of aromatic nitrogens is 4. The number of benzene rings is 2. The Kier molecular flexibility index (Phi) is 7.18. The Hall–Kier alpha value is -6.35. The summed E-state index contributed by atoms with van der Waals surface area (Å²) in [5.74, 6) is 0.0945. The van der Waals surface area contributed by atoms with Crippen molar-refractivity contribution in [3.8, 4) is 33.8 Å². The first-order valence-electron chi connectivity index (χ1n) is 14.5. The highest BCUT2D eigenvalue weighted by Crippen LogP contribution is 2.34. The van der Waals surface area contributed by atoms with Gasteiger partial charge in [-0.1, -0.05) is 24.3 Å². The van der Waals surface area contributed by atoms with Gasteiger partial charge in [0.1, 0.15) is 11.5 Å². The van der Waals surface area contributed by atoms with E-state index < -0.39 is 5.97 Å². The molecule has 0 radical (unpaired) electrons. The molecule has 5 heterocycles. The highest BCUT2D eigenvalue weighted by Gasteiger charge is 2.15. The summed E-state index contributed by atoms with van der Waals surface area (Å²) in [6.07, 6.45) is 8.50. The van der Waals surface area contributed by atoms with E-state index in [-0.39, 0.29) is 5.97 Å². The second kappa shape index (κ2) is 11.6. The minimum absolute atomic E-state index is 0.388. The van der Waals surface area contributed by atoms with E-state index in [1.54, 1.807) is 30.3 Å². The van der Waals surface area contributed by atoms with Crippen molar-refractivity contribution < 1.29 is 23.9 Å². The van der Waals surface area contributed by atoms with Crippen LogP contribution in [-0.4, -0.2) is 38.2 Å². The zero-order valence-electron chi connectivity index (χ0n) is 24.8. The zero-order valence-corrected chi connectivity index (χ0v) is 24.8. The minimum Gasteiger partial charge on any atom is -0.427 e. The lowest BCUT2D eigenvalue weighted by Crippen LogP contribution is -2.00. The molecule has 0 spiro atoms. The molecule has 46 heavy (non-hydrogen) atoms. The Balaban J connectivity index is 1.49. The van der Waals surface area contributed by atoms with Gasteiger partial charge in [-0.15, -0.1) is 0 Å². The third-order valence-electron chi connectivity index (χ3n) is 7.49. The molecule has 3 aromatic heterocycles. The fraction of sp³-hybridized carbons (Fsp3) is 0.0541. The Labute approximate surface area is 262 Å². The molecule has 0 atom stereocenters. The molecular formula is C37H26N4O5. The van der Waals surface area contributed by atoms with E-state index in [1.165, 1.54) is 13.8 Å². The summed E-state index contributed by atoms with van der Waals surface area (Å²) in [5, 5.41) is 0. The van der Waals surface area contributed by atoms with Gasteiger partial charge in [-0.2, -0.15) is 0 Å². The largest absolute Gasteiger partial charge is 0.427 e. The van der Waals surface area contributed by atoms with E-state index in [0.29, 0.717) is 39.5 Å². The van der Waals surface area contributed by atoms with E-state index in [9.17, 15) is 14.4 Å². The van der Waals surface area contributed by atoms with Gasteiger partial charge in [0.05, 0.1) is 28.3 Å². The Morgan fingerprint density at radius 1 is 0.609 bits per heavy atom. The van der Waals surface area contributed by atoms with Gasteiger partial charge in [0.25, 0.3) is 0 Å². The van der Waals surface area contributed by atoms with Crippen LogP contribution in [0, 0.1) is 0 Å². The zero-order chi connectivity index (χ0) is 31.8. The summed E-state index contributed by atoms with van der Waals surface area (Å²) < 4.78 is 10.5. The van der Waals surface area contributed by atoms with Gasteiger partial charge in [0.2, 0.25) is 0 Å². The number of aromatic amines is 2. The van der Waals surface area contributed by atoms with Crippen LogP contribution in [0.4, 0.5) is 0 Å². The van der Waals surface area contributed by atoms with Gasteiger partial charge in [0, 0.05) is 47.1 Å². The van der Waals surface area contributed by atoms with E-state index in [4.69, 9.17) is 19.4 Å². The quantitative estimate of drug-likeness (QED) is 0.117. The van der Waals surface area contributed by atoms with Gasteiger partial charge in [-0.05, 0) is 90.0 Å². The van der Waals surface area contributed by atoms with Crippen molar-refractivity contribution in [2.75, 3.05) is 0 Å². The van der Waals surface area contributed by atoms with Crippen molar-refractivity contribution in [2.45, 2.75) is 13.8 Å². The average Bonchev–Trinajstić information content (AvgIpc) is 3.84. The van der Waals surface area contributed by atoms with Crippen molar-refractivity contribution >= 4 is 64.6 Å². The average molecular weight is 607 g/mol. The van der Waals surface area contributed by atoms with Crippen LogP contribution >= 0.6 is 0 Å². The lowest BCUT2D eigenvalue weighted by Gasteiger charge is -2.06. The first kappa shape index (κ1) is 28.4. The van der Waals surface area contributed by atoms with Crippen LogP contribution in [0.15, 0.2) is 78.9 Å². The number of hydrogen-bond acceptors (Lipinski definition) is 7. The molecule has 2 aliphatic heterocycles. The molecule has 8 bridgehead atoms. The van der Waals surface area contributed by atoms with Crippen molar-refractivity contribution in [3.05, 3.63) is 107 Å². The Bertz CT molecular complexity index is 2270. The van der Waals surface area contributed by atoms with Crippen molar-refractivity contribution in [1.82, 2.24) is 19.9 Å². The molecule has 2 aromatic carbocycles. The molecule has 0 fully saturated rings. The van der Waals surface area contributed by atoms with Crippen LogP contribution in [-0.2, 0) is 9.59 Å². The third kappa shape index (κ3) is 5.65. The number of nitrogens with zero attached hydrogens (tertiary/aromatic N) is 2. The van der Waals surface area contributed by atoms with Crippen molar-refractivity contribution in [2.24, 2.45) is 0 Å². The van der Waals surface area contributed by atoms with Crippen molar-refractivity contribution in [3.63, 3.8) is 0 Å². The maximum atomic E-state index is 12.3. The summed E-state index contributed by atoms with van der Waals surface area (Å²) in [7, 11) is 0. The monoisotopic (exact) mass is 606 g/mol. The fourth-order valence-corrected chi connectivity index (χ4v) is 5.58. The van der Waals surface area contributed by atoms with Gasteiger partial charge in [-0.25, -0.2) is 9.97 Å². The summed E-state index contributed by atoms with van der Waals surface area (Å²) in [6.45, 7) is 2.72. The van der Waals surface area contributed by atoms with Gasteiger partial charge in [0.15, 0.2) is 6.29 Å². The number of rotatable bonds is 5. The van der Waals surface area contributed by atoms with Gasteiger partial charge >= 0.3 is 11.9 Å². The molecule has 0 amide bonds. The topological polar surface area (TPSA) is 127 Å². The molecule has 9 nitrogen and oxygen atoms in total. The number of esters is 2. The molecule has 0 unspecified atom stereocenters. The normalized spacial score (nSPS) is 11.8. The number of nitrogens with one attached hydrogen (secondary N) is 2. The number of carbonyl (C=O) groups excluding carboxylic acids is 3. The molecule has 5 aromatic rings. The predicted molar refractivity (Wildman–Crippen MR) is 178 cm³/mol. The van der Waals surface area contributed by atoms with E-state index in [1.807, 2.05) is 72.8 Å². The van der Waals surface area contributed by atoms with Crippen LogP contribution < -0.4 is 9.47 Å². The second-order valence-electron chi connectivity index (χ2n) is 10.8. The maximum absolute atomic E-state index is 12.3. The minimum atomic E-state index is -0.401. The highest BCUT2D eigenvalue weighted by atomic mass is 16.5. The van der Waals surface area contributed by atoms with Crippen LogP contribution in [0.3, 0.4) is 0 Å². The van der Waals surface area contributed by atoms with Gasteiger partial charge in [-0.3, -0.25) is 14.4 Å². The molecule has 2 aliphatic rings. The lowest BCUT2D eigenvalue weighted by molar-refractivity contribution is -0.132. The maximum Gasteiger partial charge on any atom is 0.308 e. The number of hydrogen-bond donors (Lipinski definition) is 2. The van der Waals surface area contributed by atoms with Crippen LogP contribution in [0.25, 0.3) is 68.6 Å². The molecule has 0 saturated carbocycles. The molecule has 2 N–H and O–H groups in total. The van der Waals surface area contributed by atoms with Crippen LogP contribution in [0.2, 0.25) is 0 Å². The third-order valence-corrected chi connectivity index (χ3v) is 7.49. The number of carbonyl (C=O) groups is 3. The molecular weight excluding hydrogens is 580 g/mol. The van der Waals surface area contributed by atoms with Gasteiger partial charge < -0.3 is 19.4 Å². The van der Waals surface area contributed by atoms with Crippen molar-refractivity contribution in [1.29, 1.82) is 0 Å². The smallest absolute Gasteiger partial charge is 0.308 e. The summed E-state index contributed by atoms with van der Waals surface area (Å²) in [5.41, 5.74) is 9.59. The fourth-order valence-electron chi connectivity index (χ4n) is 5.58. The second-order valence-corrected chi connectivity index (χ2v) is 10.8. The van der Waals surface area contributed by atoms with Crippen LogP contribution in [0.5, 0.6) is 11.5 Å². The molecule has 224 valence electrons. The van der Waals surface area contributed by atoms with E-state index in [0.717, 1.165) is 51.0 Å². The Morgan fingerprint density at radius 3 is 1.70 bits per heavy atom. The lowest BCUT2D eigenvalue weighted by atomic mass is 10.0. The first-order valence-corrected chi connectivity index (χ1v) is 14.5.